The molecule has 0 radical (unpaired) electrons. The molecule has 0 aliphatic carbocycles. The largest absolute Gasteiger partial charge is 0.480 e. The third-order valence-corrected chi connectivity index (χ3v) is 3.85. The van der Waals surface area contributed by atoms with Crippen molar-refractivity contribution in [3.63, 3.8) is 0 Å². The first kappa shape index (κ1) is 28.7. The van der Waals surface area contributed by atoms with Crippen LogP contribution in [0.2, 0.25) is 0 Å². The number of nitrogens with two attached hydrogens (primary N) is 5. The summed E-state index contributed by atoms with van der Waals surface area (Å²) in [6, 6.07) is -6.72. The molecule has 0 aliphatic heterocycles. The van der Waals surface area contributed by atoms with Gasteiger partial charge in [-0.2, -0.15) is 0 Å². The molecule has 0 fully saturated rings. The first-order valence-electron chi connectivity index (χ1n) is 9.16. The van der Waals surface area contributed by atoms with Crippen LogP contribution in [0.3, 0.4) is 0 Å². The fourth-order valence-corrected chi connectivity index (χ4v) is 2.36. The van der Waals surface area contributed by atoms with Crippen molar-refractivity contribution >= 4 is 47.3 Å². The molecule has 0 unspecified atom stereocenters. The minimum Gasteiger partial charge on any atom is -0.480 e. The lowest BCUT2D eigenvalue weighted by atomic mass is 10.1. The molecule has 0 aliphatic rings. The summed E-state index contributed by atoms with van der Waals surface area (Å²) >= 11 is 0. The van der Waals surface area contributed by atoms with Crippen molar-refractivity contribution in [3.05, 3.63) is 0 Å². The standard InChI is InChI=1S/C16H26N8O9/c17-5(1-9(18)25)13(29)22-6(2-10(19)26)14(30)23-7(3-11(20)27)15(31)24-8(16(32)33)4-12(21)28/h5-8H,1-4,17H2,(H2,18,25)(H2,19,26)(H2,20,27)(H2,21,28)(H,22,29)(H,23,30)(H,24,31)(H,32,33)/t5-,6-,7-,8-/m0/s1. The van der Waals surface area contributed by atoms with Crippen molar-refractivity contribution in [1.29, 1.82) is 0 Å². The van der Waals surface area contributed by atoms with Crippen LogP contribution >= 0.6 is 0 Å². The molecule has 4 atom stereocenters. The van der Waals surface area contributed by atoms with E-state index in [-0.39, 0.29) is 0 Å². The fourth-order valence-electron chi connectivity index (χ4n) is 2.36. The average molecular weight is 474 g/mol. The molecule has 0 saturated heterocycles. The van der Waals surface area contributed by atoms with E-state index >= 15 is 0 Å². The minimum absolute atomic E-state index is 0.583. The number of rotatable bonds is 15. The number of amides is 7. The molecule has 14 N–H and O–H groups in total. The van der Waals surface area contributed by atoms with Crippen molar-refractivity contribution in [2.45, 2.75) is 49.9 Å². The lowest BCUT2D eigenvalue weighted by Crippen LogP contribution is -2.58. The molecule has 0 spiro atoms. The Labute approximate surface area is 186 Å². The van der Waals surface area contributed by atoms with Gasteiger partial charge < -0.3 is 49.7 Å². The van der Waals surface area contributed by atoms with Crippen LogP contribution in [0.4, 0.5) is 0 Å². The fraction of sp³-hybridized carbons (Fsp3) is 0.500. The molecule has 0 saturated carbocycles. The van der Waals surface area contributed by atoms with Crippen LogP contribution in [-0.4, -0.2) is 76.6 Å². The maximum atomic E-state index is 12.6. The molecular weight excluding hydrogens is 448 g/mol. The predicted octanol–water partition coefficient (Wildman–Crippen LogP) is -6.65. The predicted molar refractivity (Wildman–Crippen MR) is 107 cm³/mol. The van der Waals surface area contributed by atoms with Gasteiger partial charge in [-0.05, 0) is 0 Å². The highest BCUT2D eigenvalue weighted by atomic mass is 16.4. The van der Waals surface area contributed by atoms with Crippen LogP contribution in [0.25, 0.3) is 0 Å². The minimum atomic E-state index is -1.78. The van der Waals surface area contributed by atoms with Gasteiger partial charge in [0.2, 0.25) is 41.4 Å². The Kier molecular flexibility index (Phi) is 11.5. The number of carboxylic acids is 1. The van der Waals surface area contributed by atoms with Crippen LogP contribution in [-0.2, 0) is 38.4 Å². The number of carboxylic acid groups (broad SMARTS) is 1. The molecule has 17 heteroatoms. The number of nitrogens with one attached hydrogen (secondary N) is 3. The molecule has 0 aromatic rings. The van der Waals surface area contributed by atoms with Crippen molar-refractivity contribution < 1.29 is 43.5 Å². The summed E-state index contributed by atoms with van der Waals surface area (Å²) in [6.45, 7) is 0. The molecule has 0 bridgehead atoms. The summed E-state index contributed by atoms with van der Waals surface area (Å²) in [5.74, 6) is -9.24. The van der Waals surface area contributed by atoms with Crippen LogP contribution in [0.1, 0.15) is 25.7 Å². The van der Waals surface area contributed by atoms with Gasteiger partial charge in [0.05, 0.1) is 31.7 Å². The number of carbonyl (C=O) groups is 8. The molecule has 7 amide bonds. The zero-order valence-corrected chi connectivity index (χ0v) is 17.2. The smallest absolute Gasteiger partial charge is 0.326 e. The van der Waals surface area contributed by atoms with E-state index in [2.05, 4.69) is 0 Å². The third kappa shape index (κ3) is 11.6. The SMILES string of the molecule is NC(=O)C[C@H](NC(=O)[C@H](CC(N)=O)NC(=O)[C@H](CC(N)=O)NC(=O)[C@@H](N)CC(N)=O)C(=O)O. The van der Waals surface area contributed by atoms with Gasteiger partial charge in [0.1, 0.15) is 18.1 Å². The topological polar surface area (TPSA) is 323 Å². The highest BCUT2D eigenvalue weighted by Gasteiger charge is 2.32. The lowest BCUT2D eigenvalue weighted by Gasteiger charge is -2.24. The van der Waals surface area contributed by atoms with E-state index in [1.807, 2.05) is 16.0 Å². The zero-order chi connectivity index (χ0) is 25.9. The van der Waals surface area contributed by atoms with E-state index in [9.17, 15) is 38.4 Å². The maximum absolute atomic E-state index is 12.6. The first-order valence-corrected chi connectivity index (χ1v) is 9.16. The molecular formula is C16H26N8O9. The monoisotopic (exact) mass is 474 g/mol. The van der Waals surface area contributed by atoms with E-state index in [4.69, 9.17) is 33.8 Å². The molecule has 0 aromatic heterocycles. The Balaban J connectivity index is 5.58. The Morgan fingerprint density at radius 2 is 0.848 bits per heavy atom. The summed E-state index contributed by atoms with van der Waals surface area (Å²) in [5.41, 5.74) is 25.4. The van der Waals surface area contributed by atoms with Crippen LogP contribution in [0.5, 0.6) is 0 Å². The van der Waals surface area contributed by atoms with E-state index in [0.717, 1.165) is 0 Å². The summed E-state index contributed by atoms with van der Waals surface area (Å²) in [4.78, 5) is 92.7. The number of hydrogen-bond acceptors (Lipinski definition) is 9. The van der Waals surface area contributed by atoms with Crippen molar-refractivity contribution in [2.24, 2.45) is 28.7 Å². The first-order chi connectivity index (χ1) is 15.1. The van der Waals surface area contributed by atoms with Gasteiger partial charge in [0.15, 0.2) is 0 Å². The number of aliphatic carboxylic acids is 1. The van der Waals surface area contributed by atoms with Gasteiger partial charge in [-0.25, -0.2) is 4.79 Å². The quantitative estimate of drug-likeness (QED) is 0.108. The average Bonchev–Trinajstić information content (AvgIpc) is 2.64. The van der Waals surface area contributed by atoms with Crippen molar-refractivity contribution in [2.75, 3.05) is 0 Å². The van der Waals surface area contributed by atoms with Gasteiger partial charge in [0.25, 0.3) is 0 Å². The normalized spacial score (nSPS) is 14.0. The molecule has 0 rings (SSSR count). The third-order valence-electron chi connectivity index (χ3n) is 3.85. The highest BCUT2D eigenvalue weighted by Crippen LogP contribution is 2.01. The summed E-state index contributed by atoms with van der Waals surface area (Å²) in [7, 11) is 0. The van der Waals surface area contributed by atoms with Gasteiger partial charge in [-0.15, -0.1) is 0 Å². The number of carbonyl (C=O) groups excluding carboxylic acids is 7. The van der Waals surface area contributed by atoms with E-state index in [0.29, 0.717) is 0 Å². The Morgan fingerprint density at radius 1 is 0.545 bits per heavy atom. The second-order valence-corrected chi connectivity index (χ2v) is 6.81. The van der Waals surface area contributed by atoms with Gasteiger partial charge in [-0.3, -0.25) is 33.6 Å². The van der Waals surface area contributed by atoms with E-state index < -0.39 is 97.2 Å². The van der Waals surface area contributed by atoms with Crippen LogP contribution < -0.4 is 44.6 Å². The Bertz CT molecular complexity index is 831. The molecule has 0 aromatic carbocycles. The molecule has 0 heterocycles. The molecule has 33 heavy (non-hydrogen) atoms. The van der Waals surface area contributed by atoms with Crippen molar-refractivity contribution in [3.8, 4) is 0 Å². The molecule has 17 nitrogen and oxygen atoms in total. The highest BCUT2D eigenvalue weighted by molar-refractivity contribution is 5.98. The second kappa shape index (κ2) is 13.2. The maximum Gasteiger partial charge on any atom is 0.326 e. The van der Waals surface area contributed by atoms with Crippen LogP contribution in [0, 0.1) is 0 Å². The van der Waals surface area contributed by atoms with E-state index in [1.165, 1.54) is 0 Å². The Hall–Kier alpha value is -4.28. The summed E-state index contributed by atoms with van der Waals surface area (Å²) < 4.78 is 0. The zero-order valence-electron chi connectivity index (χ0n) is 17.2. The van der Waals surface area contributed by atoms with E-state index in [1.54, 1.807) is 0 Å². The second-order valence-electron chi connectivity index (χ2n) is 6.81. The lowest BCUT2D eigenvalue weighted by molar-refractivity contribution is -0.144. The number of primary amides is 4. The molecule has 184 valence electrons. The van der Waals surface area contributed by atoms with Crippen molar-refractivity contribution in [1.82, 2.24) is 16.0 Å². The Morgan fingerprint density at radius 3 is 1.18 bits per heavy atom. The van der Waals surface area contributed by atoms with Gasteiger partial charge >= 0.3 is 5.97 Å². The van der Waals surface area contributed by atoms with Gasteiger partial charge in [-0.1, -0.05) is 0 Å². The van der Waals surface area contributed by atoms with Crippen LogP contribution in [0.15, 0.2) is 0 Å². The summed E-state index contributed by atoms with van der Waals surface area (Å²) in [5, 5.41) is 15.0. The number of hydrogen-bond donors (Lipinski definition) is 9. The van der Waals surface area contributed by atoms with Gasteiger partial charge in [0, 0.05) is 0 Å². The summed E-state index contributed by atoms with van der Waals surface area (Å²) in [6.07, 6.45) is -2.97.